The molecule has 130 valence electrons. The molecule has 0 unspecified atom stereocenters. The van der Waals surface area contributed by atoms with E-state index < -0.39 is 0 Å². The highest BCUT2D eigenvalue weighted by atomic mass is 16.5. The van der Waals surface area contributed by atoms with Gasteiger partial charge in [0.1, 0.15) is 12.4 Å². The van der Waals surface area contributed by atoms with Crippen molar-refractivity contribution >= 4 is 0 Å². The summed E-state index contributed by atoms with van der Waals surface area (Å²) in [7, 11) is 3.35. The molecule has 0 saturated heterocycles. The van der Waals surface area contributed by atoms with Crippen LogP contribution in [-0.4, -0.2) is 33.9 Å². The summed E-state index contributed by atoms with van der Waals surface area (Å²) >= 11 is 0. The lowest BCUT2D eigenvalue weighted by molar-refractivity contribution is 0.292. The fourth-order valence-electron chi connectivity index (χ4n) is 2.47. The first-order valence-electron chi connectivity index (χ1n) is 8.43. The highest BCUT2D eigenvalue weighted by Gasteiger charge is 2.01. The second kappa shape index (κ2) is 10.6. The fraction of sp³-hybridized carbons (Fsp3) is 0.400. The summed E-state index contributed by atoms with van der Waals surface area (Å²) in [4.78, 5) is 0. The van der Waals surface area contributed by atoms with Crippen LogP contribution in [0.1, 0.15) is 18.4 Å². The van der Waals surface area contributed by atoms with Gasteiger partial charge in [-0.2, -0.15) is 0 Å². The van der Waals surface area contributed by atoms with Crippen molar-refractivity contribution in [1.82, 2.24) is 5.32 Å². The topological polar surface area (TPSA) is 39.7 Å². The lowest BCUT2D eigenvalue weighted by Crippen LogP contribution is -2.22. The van der Waals surface area contributed by atoms with Crippen LogP contribution in [0.4, 0.5) is 0 Å². The molecule has 0 bridgehead atoms. The number of hydrogen-bond acceptors (Lipinski definition) is 4. The largest absolute Gasteiger partial charge is 0.497 e. The van der Waals surface area contributed by atoms with Gasteiger partial charge in [0.05, 0.1) is 14.2 Å². The number of benzene rings is 2. The molecule has 0 fully saturated rings. The van der Waals surface area contributed by atoms with Gasteiger partial charge in [0.25, 0.3) is 0 Å². The average molecular weight is 329 g/mol. The Balaban J connectivity index is 1.52. The lowest BCUT2D eigenvalue weighted by Gasteiger charge is -2.10. The Morgan fingerprint density at radius 2 is 1.54 bits per heavy atom. The Kier molecular flexibility index (Phi) is 7.98. The van der Waals surface area contributed by atoms with Crippen molar-refractivity contribution < 1.29 is 14.2 Å². The summed E-state index contributed by atoms with van der Waals surface area (Å²) < 4.78 is 16.2. The van der Waals surface area contributed by atoms with Gasteiger partial charge in [-0.3, -0.25) is 0 Å². The number of para-hydroxylation sites is 2. The number of hydrogen-bond donors (Lipinski definition) is 1. The van der Waals surface area contributed by atoms with Crippen molar-refractivity contribution in [1.29, 1.82) is 0 Å². The minimum Gasteiger partial charge on any atom is -0.497 e. The molecule has 0 heterocycles. The van der Waals surface area contributed by atoms with E-state index in [4.69, 9.17) is 14.2 Å². The molecule has 1 N–H and O–H groups in total. The van der Waals surface area contributed by atoms with Crippen LogP contribution in [0, 0.1) is 0 Å². The summed E-state index contributed by atoms with van der Waals surface area (Å²) in [5.74, 6) is 2.48. The smallest absolute Gasteiger partial charge is 0.161 e. The van der Waals surface area contributed by atoms with Gasteiger partial charge >= 0.3 is 0 Å². The Morgan fingerprint density at radius 3 is 2.25 bits per heavy atom. The molecule has 4 heteroatoms. The van der Waals surface area contributed by atoms with Gasteiger partial charge in [-0.15, -0.1) is 0 Å². The highest BCUT2D eigenvalue weighted by molar-refractivity contribution is 5.39. The molecule has 24 heavy (non-hydrogen) atoms. The molecular formula is C20H27NO3. The quantitative estimate of drug-likeness (QED) is 0.638. The van der Waals surface area contributed by atoms with Crippen LogP contribution in [0.25, 0.3) is 0 Å². The van der Waals surface area contributed by atoms with Crippen molar-refractivity contribution in [2.75, 3.05) is 33.9 Å². The minimum atomic E-state index is 0.638. The van der Waals surface area contributed by atoms with E-state index in [0.29, 0.717) is 6.61 Å². The van der Waals surface area contributed by atoms with Crippen LogP contribution < -0.4 is 19.5 Å². The van der Waals surface area contributed by atoms with E-state index in [9.17, 15) is 0 Å². The van der Waals surface area contributed by atoms with Crippen LogP contribution in [0.5, 0.6) is 17.2 Å². The summed E-state index contributed by atoms with van der Waals surface area (Å²) in [6.45, 7) is 2.48. The van der Waals surface area contributed by atoms with Gasteiger partial charge in [0.2, 0.25) is 0 Å². The van der Waals surface area contributed by atoms with Crippen molar-refractivity contribution in [2.24, 2.45) is 0 Å². The zero-order valence-corrected chi connectivity index (χ0v) is 14.6. The molecule has 4 nitrogen and oxygen atoms in total. The maximum absolute atomic E-state index is 5.73. The Bertz CT molecular complexity index is 584. The lowest BCUT2D eigenvalue weighted by atomic mass is 10.1. The van der Waals surface area contributed by atoms with E-state index in [-0.39, 0.29) is 0 Å². The summed E-state index contributed by atoms with van der Waals surface area (Å²) in [6, 6.07) is 16.0. The van der Waals surface area contributed by atoms with Gasteiger partial charge in [-0.25, -0.2) is 0 Å². The maximum Gasteiger partial charge on any atom is 0.161 e. The summed E-state index contributed by atoms with van der Waals surface area (Å²) in [5.41, 5.74) is 1.36. The van der Waals surface area contributed by atoms with E-state index in [1.807, 2.05) is 36.4 Å². The van der Waals surface area contributed by atoms with Crippen molar-refractivity contribution in [3.8, 4) is 17.2 Å². The number of unbranched alkanes of at least 4 members (excludes halogenated alkanes) is 1. The third kappa shape index (κ3) is 6.13. The first-order valence-corrected chi connectivity index (χ1v) is 8.43. The van der Waals surface area contributed by atoms with Crippen LogP contribution >= 0.6 is 0 Å². The standard InChI is InChI=1S/C20H27NO3/c1-22-18-12-10-17(11-13-18)7-5-6-14-21-15-16-24-20-9-4-3-8-19(20)23-2/h3-4,8-13,21H,5-7,14-16H2,1-2H3. The van der Waals surface area contributed by atoms with Crippen LogP contribution in [0.2, 0.25) is 0 Å². The zero-order valence-electron chi connectivity index (χ0n) is 14.6. The highest BCUT2D eigenvalue weighted by Crippen LogP contribution is 2.25. The Labute approximate surface area is 144 Å². The fourth-order valence-corrected chi connectivity index (χ4v) is 2.47. The van der Waals surface area contributed by atoms with E-state index in [2.05, 4.69) is 17.4 Å². The van der Waals surface area contributed by atoms with Crippen LogP contribution in [0.3, 0.4) is 0 Å². The van der Waals surface area contributed by atoms with Gasteiger partial charge < -0.3 is 19.5 Å². The molecule has 0 aliphatic rings. The average Bonchev–Trinajstić information content (AvgIpc) is 2.64. The molecular weight excluding hydrogens is 302 g/mol. The monoisotopic (exact) mass is 329 g/mol. The zero-order chi connectivity index (χ0) is 17.0. The van der Waals surface area contributed by atoms with Gasteiger partial charge in [-0.05, 0) is 55.6 Å². The van der Waals surface area contributed by atoms with Crippen molar-refractivity contribution in [3.05, 3.63) is 54.1 Å². The molecule has 2 aromatic rings. The van der Waals surface area contributed by atoms with Gasteiger partial charge in [-0.1, -0.05) is 24.3 Å². The summed E-state index contributed by atoms with van der Waals surface area (Å²) in [5, 5.41) is 3.41. The summed E-state index contributed by atoms with van der Waals surface area (Å²) in [6.07, 6.45) is 3.43. The maximum atomic E-state index is 5.73. The first kappa shape index (κ1) is 18.1. The third-order valence-electron chi connectivity index (χ3n) is 3.83. The van der Waals surface area contributed by atoms with E-state index in [1.165, 1.54) is 12.0 Å². The number of ether oxygens (including phenoxy) is 3. The normalized spacial score (nSPS) is 10.4. The molecule has 0 radical (unpaired) electrons. The molecule has 0 aliphatic heterocycles. The molecule has 2 rings (SSSR count). The Morgan fingerprint density at radius 1 is 0.792 bits per heavy atom. The van der Waals surface area contributed by atoms with E-state index in [1.54, 1.807) is 14.2 Å². The SMILES string of the molecule is COc1ccc(CCCCNCCOc2ccccc2OC)cc1. The van der Waals surface area contributed by atoms with Crippen LogP contribution in [-0.2, 0) is 6.42 Å². The van der Waals surface area contributed by atoms with E-state index in [0.717, 1.165) is 43.2 Å². The van der Waals surface area contributed by atoms with Gasteiger partial charge in [0, 0.05) is 6.54 Å². The molecule has 0 aromatic heterocycles. The predicted molar refractivity (Wildman–Crippen MR) is 97.3 cm³/mol. The molecule has 0 saturated carbocycles. The number of nitrogens with one attached hydrogen (secondary N) is 1. The van der Waals surface area contributed by atoms with Crippen molar-refractivity contribution in [2.45, 2.75) is 19.3 Å². The molecule has 0 aliphatic carbocycles. The second-order valence-electron chi connectivity index (χ2n) is 5.55. The van der Waals surface area contributed by atoms with Crippen LogP contribution in [0.15, 0.2) is 48.5 Å². The second-order valence-corrected chi connectivity index (χ2v) is 5.55. The van der Waals surface area contributed by atoms with Gasteiger partial charge in [0.15, 0.2) is 11.5 Å². The molecule has 2 aromatic carbocycles. The number of aryl methyl sites for hydroxylation is 1. The molecule has 0 spiro atoms. The third-order valence-corrected chi connectivity index (χ3v) is 3.83. The van der Waals surface area contributed by atoms with Crippen molar-refractivity contribution in [3.63, 3.8) is 0 Å². The molecule has 0 amide bonds. The Hall–Kier alpha value is -2.20. The first-order chi connectivity index (χ1) is 11.8. The minimum absolute atomic E-state index is 0.638. The number of rotatable bonds is 11. The van der Waals surface area contributed by atoms with E-state index >= 15 is 0 Å². The predicted octanol–water partition coefficient (Wildman–Crippen LogP) is 3.70. The molecule has 0 atom stereocenters. The number of methoxy groups -OCH3 is 2.